The Morgan fingerprint density at radius 3 is 2.91 bits per heavy atom. The molecule has 0 aromatic carbocycles. The molecule has 2 rings (SSSR count). The Morgan fingerprint density at radius 1 is 1.48 bits per heavy atom. The minimum absolute atomic E-state index is 0.122. The molecule has 0 bridgehead atoms. The summed E-state index contributed by atoms with van der Waals surface area (Å²) in [4.78, 5) is 14.0. The van der Waals surface area contributed by atoms with E-state index in [0.717, 1.165) is 18.7 Å². The number of amides is 2. The zero-order valence-electron chi connectivity index (χ0n) is 13.6. The topological polar surface area (TPSA) is 82.4 Å². The summed E-state index contributed by atoms with van der Waals surface area (Å²) in [5.41, 5.74) is -0.307. The van der Waals surface area contributed by atoms with Gasteiger partial charge in [-0.1, -0.05) is 0 Å². The normalized spacial score (nSPS) is 13.8. The summed E-state index contributed by atoms with van der Waals surface area (Å²) < 4.78 is 1.77. The van der Waals surface area contributed by atoms with Crippen molar-refractivity contribution >= 4 is 23.2 Å². The molecule has 23 heavy (non-hydrogen) atoms. The van der Waals surface area contributed by atoms with Crippen LogP contribution in [0.1, 0.15) is 12.5 Å². The van der Waals surface area contributed by atoms with Crippen LogP contribution in [-0.2, 0) is 12.1 Å². The smallest absolute Gasteiger partial charge is 0.320 e. The summed E-state index contributed by atoms with van der Waals surface area (Å²) in [5.74, 6) is 0.483. The molecule has 0 aliphatic carbocycles. The number of nitrogens with one attached hydrogen (secondary N) is 2. The van der Waals surface area contributed by atoms with Gasteiger partial charge >= 0.3 is 6.03 Å². The Morgan fingerprint density at radius 2 is 2.26 bits per heavy atom. The van der Waals surface area contributed by atoms with Crippen LogP contribution >= 0.6 is 11.3 Å². The number of aliphatic hydroxyl groups is 1. The van der Waals surface area contributed by atoms with Gasteiger partial charge < -0.3 is 15.3 Å². The predicted molar refractivity (Wildman–Crippen MR) is 91.7 cm³/mol. The number of hydrogen-bond acceptors (Lipinski definition) is 5. The molecular weight excluding hydrogens is 314 g/mol. The fourth-order valence-electron chi connectivity index (χ4n) is 1.94. The summed E-state index contributed by atoms with van der Waals surface area (Å²) in [7, 11) is 3.99. The summed E-state index contributed by atoms with van der Waals surface area (Å²) in [6, 6.07) is 3.20. The number of rotatable bonds is 7. The quantitative estimate of drug-likeness (QED) is 0.716. The molecule has 2 aromatic heterocycles. The van der Waals surface area contributed by atoms with Crippen LogP contribution < -0.4 is 10.6 Å². The van der Waals surface area contributed by atoms with Gasteiger partial charge in [-0.25, -0.2) is 4.79 Å². The SMILES string of the molecule is CN(C)CCn1ccc(NC(=O)NCC(C)(O)c2ccsc2)n1. The van der Waals surface area contributed by atoms with E-state index in [9.17, 15) is 9.90 Å². The maximum atomic E-state index is 11.9. The number of carbonyl (C=O) groups excluding carboxylic acids is 1. The van der Waals surface area contributed by atoms with E-state index in [1.165, 1.54) is 11.3 Å². The Bertz CT molecular complexity index is 622. The molecule has 0 saturated heterocycles. The number of urea groups is 1. The third-order valence-corrected chi connectivity index (χ3v) is 4.08. The predicted octanol–water partition coefficient (Wildman–Crippen LogP) is 1.54. The highest BCUT2D eigenvalue weighted by Crippen LogP contribution is 2.21. The molecule has 0 spiro atoms. The van der Waals surface area contributed by atoms with Crippen molar-refractivity contribution in [1.29, 1.82) is 0 Å². The van der Waals surface area contributed by atoms with Gasteiger partial charge in [0.05, 0.1) is 13.1 Å². The lowest BCUT2D eigenvalue weighted by molar-refractivity contribution is 0.0604. The Labute approximate surface area is 139 Å². The van der Waals surface area contributed by atoms with Gasteiger partial charge in [-0.2, -0.15) is 16.4 Å². The lowest BCUT2D eigenvalue weighted by Gasteiger charge is -2.22. The lowest BCUT2D eigenvalue weighted by Crippen LogP contribution is -2.40. The molecule has 3 N–H and O–H groups in total. The number of aromatic nitrogens is 2. The Kier molecular flexibility index (Phi) is 5.75. The van der Waals surface area contributed by atoms with Crippen LogP contribution in [-0.4, -0.2) is 53.0 Å². The van der Waals surface area contributed by atoms with Gasteiger partial charge in [-0.05, 0) is 43.4 Å². The van der Waals surface area contributed by atoms with E-state index in [1.807, 2.05) is 37.1 Å². The molecule has 0 radical (unpaired) electrons. The molecule has 2 aromatic rings. The highest BCUT2D eigenvalue weighted by atomic mass is 32.1. The van der Waals surface area contributed by atoms with Gasteiger partial charge in [0.25, 0.3) is 0 Å². The van der Waals surface area contributed by atoms with Crippen molar-refractivity contribution in [1.82, 2.24) is 20.0 Å². The fraction of sp³-hybridized carbons (Fsp3) is 0.467. The van der Waals surface area contributed by atoms with Crippen LogP contribution in [0.4, 0.5) is 10.6 Å². The van der Waals surface area contributed by atoms with Crippen molar-refractivity contribution in [3.8, 4) is 0 Å². The molecule has 126 valence electrons. The number of hydrogen-bond donors (Lipinski definition) is 3. The van der Waals surface area contributed by atoms with Crippen molar-refractivity contribution in [3.63, 3.8) is 0 Å². The van der Waals surface area contributed by atoms with Gasteiger partial charge in [0.2, 0.25) is 0 Å². The average Bonchev–Trinajstić information content (AvgIpc) is 3.15. The van der Waals surface area contributed by atoms with Crippen molar-refractivity contribution < 1.29 is 9.90 Å². The summed E-state index contributed by atoms with van der Waals surface area (Å²) in [6.45, 7) is 3.42. The van der Waals surface area contributed by atoms with Crippen LogP contribution in [0.25, 0.3) is 0 Å². The van der Waals surface area contributed by atoms with Crippen LogP contribution in [0.5, 0.6) is 0 Å². The van der Waals surface area contributed by atoms with Gasteiger partial charge in [-0.15, -0.1) is 0 Å². The molecule has 0 aliphatic rings. The Balaban J connectivity index is 1.81. The minimum Gasteiger partial charge on any atom is -0.384 e. The second kappa shape index (κ2) is 7.58. The van der Waals surface area contributed by atoms with E-state index in [1.54, 1.807) is 17.7 Å². The molecule has 0 saturated carbocycles. The van der Waals surface area contributed by atoms with Crippen molar-refractivity contribution in [3.05, 3.63) is 34.7 Å². The summed E-state index contributed by atoms with van der Waals surface area (Å²) >= 11 is 1.51. The lowest BCUT2D eigenvalue weighted by atomic mass is 9.99. The van der Waals surface area contributed by atoms with E-state index in [0.29, 0.717) is 5.82 Å². The molecule has 1 atom stereocenters. The van der Waals surface area contributed by atoms with Crippen molar-refractivity contribution in [2.45, 2.75) is 19.1 Å². The van der Waals surface area contributed by atoms with E-state index in [4.69, 9.17) is 0 Å². The van der Waals surface area contributed by atoms with Crippen LogP contribution in [0, 0.1) is 0 Å². The number of thiophene rings is 1. The maximum absolute atomic E-state index is 11.9. The number of anilines is 1. The largest absolute Gasteiger partial charge is 0.384 e. The Hall–Kier alpha value is -1.90. The third-order valence-electron chi connectivity index (χ3n) is 3.39. The monoisotopic (exact) mass is 337 g/mol. The standard InChI is InChI=1S/C15H23N5O2S/c1-15(22,12-5-9-23-10-12)11-16-14(21)17-13-4-6-20(18-13)8-7-19(2)3/h4-6,9-10,22H,7-8,11H2,1-3H3,(H2,16,17,18,21). The molecule has 7 nitrogen and oxygen atoms in total. The average molecular weight is 337 g/mol. The van der Waals surface area contributed by atoms with E-state index >= 15 is 0 Å². The van der Waals surface area contributed by atoms with Gasteiger partial charge in [0.15, 0.2) is 5.82 Å². The first-order valence-electron chi connectivity index (χ1n) is 7.35. The zero-order chi connectivity index (χ0) is 16.9. The van der Waals surface area contributed by atoms with Crippen LogP contribution in [0.3, 0.4) is 0 Å². The molecule has 0 aliphatic heterocycles. The molecule has 2 amide bonds. The first-order chi connectivity index (χ1) is 10.9. The van der Waals surface area contributed by atoms with Crippen molar-refractivity contribution in [2.75, 3.05) is 32.5 Å². The highest BCUT2D eigenvalue weighted by molar-refractivity contribution is 7.08. The summed E-state index contributed by atoms with van der Waals surface area (Å²) in [5, 5.41) is 23.7. The molecule has 0 fully saturated rings. The molecule has 1 unspecified atom stereocenters. The highest BCUT2D eigenvalue weighted by Gasteiger charge is 2.24. The number of carbonyl (C=O) groups is 1. The first kappa shape index (κ1) is 17.5. The van der Waals surface area contributed by atoms with E-state index in [2.05, 4.69) is 20.6 Å². The van der Waals surface area contributed by atoms with E-state index < -0.39 is 11.6 Å². The van der Waals surface area contributed by atoms with Crippen LogP contribution in [0.15, 0.2) is 29.1 Å². The molecule has 2 heterocycles. The van der Waals surface area contributed by atoms with Gasteiger partial charge in [0.1, 0.15) is 5.60 Å². The second-order valence-electron chi connectivity index (χ2n) is 5.86. The van der Waals surface area contributed by atoms with Crippen molar-refractivity contribution in [2.24, 2.45) is 0 Å². The maximum Gasteiger partial charge on any atom is 0.320 e. The van der Waals surface area contributed by atoms with Gasteiger partial charge in [-0.3, -0.25) is 10.00 Å². The third kappa shape index (κ3) is 5.34. The minimum atomic E-state index is -1.09. The van der Waals surface area contributed by atoms with Crippen LogP contribution in [0.2, 0.25) is 0 Å². The number of likely N-dealkylation sites (N-methyl/N-ethyl adjacent to an activating group) is 1. The number of nitrogens with zero attached hydrogens (tertiary/aromatic N) is 3. The fourth-order valence-corrected chi connectivity index (χ4v) is 2.72. The second-order valence-corrected chi connectivity index (χ2v) is 6.64. The summed E-state index contributed by atoms with van der Waals surface area (Å²) in [6.07, 6.45) is 1.82. The zero-order valence-corrected chi connectivity index (χ0v) is 14.4. The van der Waals surface area contributed by atoms with E-state index in [-0.39, 0.29) is 6.54 Å². The molecule has 8 heteroatoms. The first-order valence-corrected chi connectivity index (χ1v) is 8.29. The van der Waals surface area contributed by atoms with Gasteiger partial charge in [0, 0.05) is 18.8 Å². The molecular formula is C15H23N5O2S.